The molecule has 1 amide bonds. The summed E-state index contributed by atoms with van der Waals surface area (Å²) in [6.45, 7) is 1.99. The van der Waals surface area contributed by atoms with Crippen molar-refractivity contribution in [1.82, 2.24) is 9.88 Å². The number of hydrogen-bond acceptors (Lipinski definition) is 2. The van der Waals surface area contributed by atoms with Crippen LogP contribution in [0.3, 0.4) is 0 Å². The van der Waals surface area contributed by atoms with E-state index in [1.54, 1.807) is 0 Å². The summed E-state index contributed by atoms with van der Waals surface area (Å²) in [5.74, 6) is 0.142. The lowest BCUT2D eigenvalue weighted by Crippen LogP contribution is -2.40. The molecule has 1 saturated heterocycles. The Morgan fingerprint density at radius 2 is 1.74 bits per heavy atom. The van der Waals surface area contributed by atoms with E-state index in [4.69, 9.17) is 0 Å². The molecular formula is C23H25N3O. The molecule has 0 spiro atoms. The molecule has 4 nitrogen and oxygen atoms in total. The zero-order chi connectivity index (χ0) is 18.5. The van der Waals surface area contributed by atoms with Crippen LogP contribution < -0.4 is 4.90 Å². The Kier molecular flexibility index (Phi) is 5.35. The molecule has 1 N–H and O–H groups in total. The molecule has 0 saturated carbocycles. The monoisotopic (exact) mass is 359 g/mol. The molecule has 2 aromatic carbocycles. The number of likely N-dealkylation sites (tertiary alicyclic amines) is 1. The standard InChI is InChI=1S/C23H25N3O/c27-23(18-25-16-8-14-22(25)21-13-7-15-24-21)26(20-11-5-2-6-12-20)17-19-9-3-1-4-10-19/h1-7,9-13,15,22,24H,8,14,16-18H2/t22-/m1/s1. The number of carbonyl (C=O) groups excluding carboxylic acids is 1. The Bertz CT molecular complexity index is 846. The maximum absolute atomic E-state index is 13.3. The minimum Gasteiger partial charge on any atom is -0.364 e. The van der Waals surface area contributed by atoms with Crippen molar-refractivity contribution in [1.29, 1.82) is 0 Å². The van der Waals surface area contributed by atoms with Crippen molar-refractivity contribution in [3.63, 3.8) is 0 Å². The number of amides is 1. The molecule has 1 atom stereocenters. The molecule has 2 heterocycles. The average Bonchev–Trinajstić information content (AvgIpc) is 3.39. The second kappa shape index (κ2) is 8.23. The first-order valence-corrected chi connectivity index (χ1v) is 9.58. The lowest BCUT2D eigenvalue weighted by Gasteiger charge is -2.28. The van der Waals surface area contributed by atoms with Crippen molar-refractivity contribution in [3.05, 3.63) is 90.3 Å². The van der Waals surface area contributed by atoms with Crippen LogP contribution in [0.1, 0.15) is 30.1 Å². The van der Waals surface area contributed by atoms with Crippen molar-refractivity contribution in [2.24, 2.45) is 0 Å². The van der Waals surface area contributed by atoms with Crippen LogP contribution in [0, 0.1) is 0 Å². The number of nitrogens with one attached hydrogen (secondary N) is 1. The minimum absolute atomic E-state index is 0.142. The molecule has 0 aliphatic carbocycles. The molecule has 138 valence electrons. The van der Waals surface area contributed by atoms with Gasteiger partial charge in [-0.05, 0) is 49.2 Å². The van der Waals surface area contributed by atoms with Gasteiger partial charge in [0.2, 0.25) is 5.91 Å². The molecule has 0 radical (unpaired) electrons. The van der Waals surface area contributed by atoms with E-state index >= 15 is 0 Å². The van der Waals surface area contributed by atoms with Crippen LogP contribution in [-0.2, 0) is 11.3 Å². The first kappa shape index (κ1) is 17.6. The number of H-pyrrole nitrogens is 1. The van der Waals surface area contributed by atoms with Crippen LogP contribution in [0.5, 0.6) is 0 Å². The van der Waals surface area contributed by atoms with Gasteiger partial charge in [-0.3, -0.25) is 9.69 Å². The first-order chi connectivity index (χ1) is 13.3. The van der Waals surface area contributed by atoms with Gasteiger partial charge in [0.1, 0.15) is 0 Å². The van der Waals surface area contributed by atoms with E-state index in [-0.39, 0.29) is 5.91 Å². The highest BCUT2D eigenvalue weighted by Crippen LogP contribution is 2.31. The molecule has 4 rings (SSSR count). The number of aromatic amines is 1. The van der Waals surface area contributed by atoms with Crippen LogP contribution in [-0.4, -0.2) is 28.9 Å². The fourth-order valence-corrected chi connectivity index (χ4v) is 3.88. The maximum Gasteiger partial charge on any atom is 0.241 e. The molecule has 4 heteroatoms. The third kappa shape index (κ3) is 4.12. The molecule has 3 aromatic rings. The van der Waals surface area contributed by atoms with E-state index in [0.29, 0.717) is 19.1 Å². The Labute approximate surface area is 160 Å². The highest BCUT2D eigenvalue weighted by atomic mass is 16.2. The van der Waals surface area contributed by atoms with Gasteiger partial charge in [0.15, 0.2) is 0 Å². The van der Waals surface area contributed by atoms with Crippen molar-refractivity contribution in [3.8, 4) is 0 Å². The Morgan fingerprint density at radius 3 is 2.44 bits per heavy atom. The molecule has 1 fully saturated rings. The predicted octanol–water partition coefficient (Wildman–Crippen LogP) is 4.39. The van der Waals surface area contributed by atoms with E-state index < -0.39 is 0 Å². The summed E-state index contributed by atoms with van der Waals surface area (Å²) >= 11 is 0. The summed E-state index contributed by atoms with van der Waals surface area (Å²) < 4.78 is 0. The number of rotatable bonds is 6. The number of anilines is 1. The van der Waals surface area contributed by atoms with E-state index in [9.17, 15) is 4.79 Å². The van der Waals surface area contributed by atoms with Gasteiger partial charge in [0, 0.05) is 17.6 Å². The predicted molar refractivity (Wildman–Crippen MR) is 108 cm³/mol. The Balaban J connectivity index is 1.53. The second-order valence-electron chi connectivity index (χ2n) is 7.05. The fourth-order valence-electron chi connectivity index (χ4n) is 3.88. The zero-order valence-corrected chi connectivity index (χ0v) is 15.4. The van der Waals surface area contributed by atoms with Crippen LogP contribution in [0.2, 0.25) is 0 Å². The van der Waals surface area contributed by atoms with Crippen molar-refractivity contribution >= 4 is 11.6 Å². The van der Waals surface area contributed by atoms with Crippen LogP contribution >= 0.6 is 0 Å². The first-order valence-electron chi connectivity index (χ1n) is 9.58. The second-order valence-corrected chi connectivity index (χ2v) is 7.05. The minimum atomic E-state index is 0.142. The summed E-state index contributed by atoms with van der Waals surface area (Å²) in [5.41, 5.74) is 3.29. The van der Waals surface area contributed by atoms with Crippen LogP contribution in [0.25, 0.3) is 0 Å². The SMILES string of the molecule is O=C(CN1CCC[C@@H]1c1ccc[nH]1)N(Cc1ccccc1)c1ccccc1. The quantitative estimate of drug-likeness (QED) is 0.709. The van der Waals surface area contributed by atoms with E-state index in [1.165, 1.54) is 5.69 Å². The molecule has 0 bridgehead atoms. The topological polar surface area (TPSA) is 39.3 Å². The Hall–Kier alpha value is -2.85. The van der Waals surface area contributed by atoms with Gasteiger partial charge in [-0.15, -0.1) is 0 Å². The zero-order valence-electron chi connectivity index (χ0n) is 15.4. The summed E-state index contributed by atoms with van der Waals surface area (Å²) in [6.07, 6.45) is 4.18. The lowest BCUT2D eigenvalue weighted by molar-refractivity contribution is -0.120. The number of aromatic nitrogens is 1. The van der Waals surface area contributed by atoms with E-state index in [2.05, 4.69) is 28.1 Å². The molecule has 27 heavy (non-hydrogen) atoms. The smallest absolute Gasteiger partial charge is 0.241 e. The molecule has 1 aromatic heterocycles. The molecular weight excluding hydrogens is 334 g/mol. The summed E-state index contributed by atoms with van der Waals surface area (Å²) in [5, 5.41) is 0. The molecule has 0 unspecified atom stereocenters. The normalized spacial score (nSPS) is 17.1. The highest BCUT2D eigenvalue weighted by molar-refractivity contribution is 5.94. The van der Waals surface area contributed by atoms with Crippen molar-refractivity contribution < 1.29 is 4.79 Å². The molecule has 1 aliphatic heterocycles. The van der Waals surface area contributed by atoms with Crippen LogP contribution in [0.4, 0.5) is 5.69 Å². The number of benzene rings is 2. The average molecular weight is 359 g/mol. The van der Waals surface area contributed by atoms with Gasteiger partial charge in [-0.25, -0.2) is 0 Å². The number of nitrogens with zero attached hydrogens (tertiary/aromatic N) is 2. The van der Waals surface area contributed by atoms with Crippen molar-refractivity contribution in [2.45, 2.75) is 25.4 Å². The van der Waals surface area contributed by atoms with Crippen LogP contribution in [0.15, 0.2) is 79.0 Å². The largest absolute Gasteiger partial charge is 0.364 e. The highest BCUT2D eigenvalue weighted by Gasteiger charge is 2.30. The third-order valence-electron chi connectivity index (χ3n) is 5.24. The van der Waals surface area contributed by atoms with Crippen molar-refractivity contribution in [2.75, 3.05) is 18.0 Å². The number of para-hydroxylation sites is 1. The van der Waals surface area contributed by atoms with Gasteiger partial charge in [0.05, 0.1) is 19.1 Å². The number of carbonyl (C=O) groups is 1. The summed E-state index contributed by atoms with van der Waals surface area (Å²) in [4.78, 5) is 20.8. The van der Waals surface area contributed by atoms with Gasteiger partial charge < -0.3 is 9.88 Å². The maximum atomic E-state index is 13.3. The number of hydrogen-bond donors (Lipinski definition) is 1. The summed E-state index contributed by atoms with van der Waals surface area (Å²) in [7, 11) is 0. The lowest BCUT2D eigenvalue weighted by atomic mass is 10.1. The van der Waals surface area contributed by atoms with Gasteiger partial charge in [-0.2, -0.15) is 0 Å². The third-order valence-corrected chi connectivity index (χ3v) is 5.24. The van der Waals surface area contributed by atoms with E-state index in [0.717, 1.165) is 30.6 Å². The van der Waals surface area contributed by atoms with Gasteiger partial charge in [0.25, 0.3) is 0 Å². The van der Waals surface area contributed by atoms with Gasteiger partial charge >= 0.3 is 0 Å². The molecule has 1 aliphatic rings. The van der Waals surface area contributed by atoms with E-state index in [1.807, 2.05) is 65.7 Å². The van der Waals surface area contributed by atoms with Gasteiger partial charge in [-0.1, -0.05) is 48.5 Å². The fraction of sp³-hybridized carbons (Fsp3) is 0.261. The Morgan fingerprint density at radius 1 is 1.00 bits per heavy atom. The summed E-state index contributed by atoms with van der Waals surface area (Å²) in [6, 6.07) is 24.6.